The van der Waals surface area contributed by atoms with Gasteiger partial charge in [0, 0.05) is 46.0 Å². The zero-order valence-electron chi connectivity index (χ0n) is 13.2. The van der Waals surface area contributed by atoms with Crippen molar-refractivity contribution in [1.82, 2.24) is 14.7 Å². The molecular weight excluding hydrogens is 276 g/mol. The number of hydrogen-bond acceptors (Lipinski definition) is 4. The summed E-state index contributed by atoms with van der Waals surface area (Å²) in [6.45, 7) is 3.73. The molecule has 5 heteroatoms. The maximum absolute atomic E-state index is 12.4. The lowest BCUT2D eigenvalue weighted by Gasteiger charge is -2.32. The number of benzene rings is 1. The summed E-state index contributed by atoms with van der Waals surface area (Å²) < 4.78 is 0. The second kappa shape index (κ2) is 7.62. The Labute approximate surface area is 132 Å². The van der Waals surface area contributed by atoms with E-state index in [2.05, 4.69) is 4.90 Å². The van der Waals surface area contributed by atoms with E-state index in [-0.39, 0.29) is 11.5 Å². The number of carbonyl (C=O) groups is 1. The van der Waals surface area contributed by atoms with Gasteiger partial charge in [0.15, 0.2) is 0 Å². The highest BCUT2D eigenvalue weighted by Gasteiger charge is 2.22. The van der Waals surface area contributed by atoms with Gasteiger partial charge in [-0.05, 0) is 12.6 Å². The minimum absolute atomic E-state index is 0.171. The molecule has 0 saturated carbocycles. The van der Waals surface area contributed by atoms with E-state index in [1.54, 1.807) is 11.1 Å². The number of likely N-dealkylation sites (N-methyl/N-ethyl adjacent to an activating group) is 1. The summed E-state index contributed by atoms with van der Waals surface area (Å²) in [5, 5.41) is 9.29. The SMILES string of the molecule is CN(/C=C(/C#N)C(=O)N1CCN(C)CC1)Cc1ccccc1. The molecule has 0 aliphatic carbocycles. The van der Waals surface area contributed by atoms with Crippen LogP contribution in [0.2, 0.25) is 0 Å². The van der Waals surface area contributed by atoms with Crippen molar-refractivity contribution in [3.05, 3.63) is 47.7 Å². The molecular formula is C17H22N4O. The van der Waals surface area contributed by atoms with E-state index in [0.717, 1.165) is 18.7 Å². The molecule has 0 bridgehead atoms. The van der Waals surface area contributed by atoms with Crippen molar-refractivity contribution in [1.29, 1.82) is 5.26 Å². The predicted molar refractivity (Wildman–Crippen MR) is 85.7 cm³/mol. The summed E-state index contributed by atoms with van der Waals surface area (Å²) in [6, 6.07) is 12.0. The topological polar surface area (TPSA) is 50.6 Å². The molecule has 1 aliphatic heterocycles. The molecule has 0 radical (unpaired) electrons. The van der Waals surface area contributed by atoms with Gasteiger partial charge in [-0.1, -0.05) is 30.3 Å². The van der Waals surface area contributed by atoms with Crippen molar-refractivity contribution < 1.29 is 4.79 Å². The average molecular weight is 298 g/mol. The molecule has 1 aliphatic rings. The second-order valence-electron chi connectivity index (χ2n) is 5.65. The molecule has 0 unspecified atom stereocenters. The van der Waals surface area contributed by atoms with E-state index in [1.165, 1.54) is 0 Å². The third-order valence-corrected chi connectivity index (χ3v) is 3.77. The Morgan fingerprint density at radius 3 is 2.50 bits per heavy atom. The quantitative estimate of drug-likeness (QED) is 0.621. The number of hydrogen-bond donors (Lipinski definition) is 0. The first-order valence-corrected chi connectivity index (χ1v) is 7.44. The van der Waals surface area contributed by atoms with Crippen molar-refractivity contribution in [2.24, 2.45) is 0 Å². The van der Waals surface area contributed by atoms with E-state index < -0.39 is 0 Å². The fourth-order valence-corrected chi connectivity index (χ4v) is 2.45. The molecule has 0 N–H and O–H groups in total. The zero-order chi connectivity index (χ0) is 15.9. The number of rotatable bonds is 4. The molecule has 1 saturated heterocycles. The van der Waals surface area contributed by atoms with Crippen molar-refractivity contribution >= 4 is 5.91 Å². The van der Waals surface area contributed by atoms with Crippen LogP contribution in [0.1, 0.15) is 5.56 Å². The van der Waals surface area contributed by atoms with Gasteiger partial charge in [-0.15, -0.1) is 0 Å². The van der Waals surface area contributed by atoms with Crippen LogP contribution in [-0.4, -0.2) is 60.9 Å². The summed E-state index contributed by atoms with van der Waals surface area (Å²) >= 11 is 0. The molecule has 0 spiro atoms. The highest BCUT2D eigenvalue weighted by molar-refractivity contribution is 5.97. The summed E-state index contributed by atoms with van der Waals surface area (Å²) in [4.78, 5) is 18.2. The second-order valence-corrected chi connectivity index (χ2v) is 5.65. The number of nitriles is 1. The minimum atomic E-state index is -0.171. The van der Waals surface area contributed by atoms with E-state index in [0.29, 0.717) is 19.6 Å². The number of piperazine rings is 1. The molecule has 0 aromatic heterocycles. The molecule has 2 rings (SSSR count). The van der Waals surface area contributed by atoms with Gasteiger partial charge >= 0.3 is 0 Å². The van der Waals surface area contributed by atoms with Gasteiger partial charge < -0.3 is 14.7 Å². The van der Waals surface area contributed by atoms with E-state index in [9.17, 15) is 10.1 Å². The lowest BCUT2D eigenvalue weighted by Crippen LogP contribution is -2.47. The van der Waals surface area contributed by atoms with Crippen LogP contribution < -0.4 is 0 Å². The normalized spacial score (nSPS) is 16.2. The lowest BCUT2D eigenvalue weighted by molar-refractivity contribution is -0.128. The third-order valence-electron chi connectivity index (χ3n) is 3.77. The van der Waals surface area contributed by atoms with Gasteiger partial charge in [0.25, 0.3) is 5.91 Å². The first kappa shape index (κ1) is 16.1. The first-order chi connectivity index (χ1) is 10.6. The van der Waals surface area contributed by atoms with Crippen LogP contribution in [-0.2, 0) is 11.3 Å². The predicted octanol–water partition coefficient (Wildman–Crippen LogP) is 1.30. The standard InChI is InChI=1S/C17H22N4O/c1-19-8-10-21(11-9-19)17(22)16(12-18)14-20(2)13-15-6-4-3-5-7-15/h3-7,14H,8-11,13H2,1-2H3/b16-14-. The number of nitrogens with zero attached hydrogens (tertiary/aromatic N) is 4. The molecule has 1 aromatic rings. The zero-order valence-corrected chi connectivity index (χ0v) is 13.2. The van der Waals surface area contributed by atoms with Crippen LogP contribution in [0.25, 0.3) is 0 Å². The van der Waals surface area contributed by atoms with Crippen molar-refractivity contribution in [2.45, 2.75) is 6.54 Å². The minimum Gasteiger partial charge on any atom is -0.375 e. The van der Waals surface area contributed by atoms with Crippen LogP contribution in [0.15, 0.2) is 42.1 Å². The van der Waals surface area contributed by atoms with Crippen molar-refractivity contribution in [3.8, 4) is 6.07 Å². The van der Waals surface area contributed by atoms with E-state index >= 15 is 0 Å². The Morgan fingerprint density at radius 2 is 1.91 bits per heavy atom. The summed E-state index contributed by atoms with van der Waals surface area (Å²) in [6.07, 6.45) is 1.65. The van der Waals surface area contributed by atoms with Crippen LogP contribution in [0.3, 0.4) is 0 Å². The van der Waals surface area contributed by atoms with Crippen LogP contribution in [0.4, 0.5) is 0 Å². The van der Waals surface area contributed by atoms with Gasteiger partial charge in [0.1, 0.15) is 11.6 Å². The molecule has 0 atom stereocenters. The molecule has 116 valence electrons. The van der Waals surface area contributed by atoms with Gasteiger partial charge in [-0.3, -0.25) is 4.79 Å². The van der Waals surface area contributed by atoms with Crippen molar-refractivity contribution in [3.63, 3.8) is 0 Å². The Hall–Kier alpha value is -2.32. The van der Waals surface area contributed by atoms with Crippen LogP contribution >= 0.6 is 0 Å². The Bertz CT molecular complexity index is 568. The molecule has 1 aromatic carbocycles. The molecule has 1 fully saturated rings. The highest BCUT2D eigenvalue weighted by Crippen LogP contribution is 2.09. The Kier molecular flexibility index (Phi) is 5.56. The summed E-state index contributed by atoms with van der Waals surface area (Å²) in [7, 11) is 3.91. The van der Waals surface area contributed by atoms with Crippen LogP contribution in [0, 0.1) is 11.3 Å². The monoisotopic (exact) mass is 298 g/mol. The largest absolute Gasteiger partial charge is 0.375 e. The maximum Gasteiger partial charge on any atom is 0.266 e. The van der Waals surface area contributed by atoms with Gasteiger partial charge in [-0.25, -0.2) is 0 Å². The number of carbonyl (C=O) groups excluding carboxylic acids is 1. The number of amides is 1. The van der Waals surface area contributed by atoms with E-state index in [1.807, 2.05) is 55.4 Å². The van der Waals surface area contributed by atoms with Crippen LogP contribution in [0.5, 0.6) is 0 Å². The van der Waals surface area contributed by atoms with Crippen molar-refractivity contribution in [2.75, 3.05) is 40.3 Å². The van der Waals surface area contributed by atoms with E-state index in [4.69, 9.17) is 0 Å². The molecule has 1 heterocycles. The third kappa shape index (κ3) is 4.34. The highest BCUT2D eigenvalue weighted by atomic mass is 16.2. The van der Waals surface area contributed by atoms with Gasteiger partial charge in [0.05, 0.1) is 0 Å². The van der Waals surface area contributed by atoms with Gasteiger partial charge in [0.2, 0.25) is 0 Å². The smallest absolute Gasteiger partial charge is 0.266 e. The maximum atomic E-state index is 12.4. The summed E-state index contributed by atoms with van der Waals surface area (Å²) in [5.41, 5.74) is 1.34. The Morgan fingerprint density at radius 1 is 1.27 bits per heavy atom. The molecule has 5 nitrogen and oxygen atoms in total. The first-order valence-electron chi connectivity index (χ1n) is 7.44. The summed E-state index contributed by atoms with van der Waals surface area (Å²) in [5.74, 6) is -0.171. The fraction of sp³-hybridized carbons (Fsp3) is 0.412. The van der Waals surface area contributed by atoms with Gasteiger partial charge in [-0.2, -0.15) is 5.26 Å². The molecule has 1 amide bonds. The lowest BCUT2D eigenvalue weighted by atomic mass is 10.2. The molecule has 22 heavy (non-hydrogen) atoms. The fourth-order valence-electron chi connectivity index (χ4n) is 2.45. The Balaban J connectivity index is 2.00. The average Bonchev–Trinajstić information content (AvgIpc) is 2.53.